The molecule has 18 heavy (non-hydrogen) atoms. The Morgan fingerprint density at radius 3 is 2.44 bits per heavy atom. The summed E-state index contributed by atoms with van der Waals surface area (Å²) in [6, 6.07) is 19.2. The zero-order valence-electron chi connectivity index (χ0n) is 10.2. The normalized spacial score (nSPS) is 11.2. The highest BCUT2D eigenvalue weighted by atomic mass is 16.2. The summed E-state index contributed by atoms with van der Waals surface area (Å²) in [7, 11) is 0. The number of rotatable bonds is 3. The fourth-order valence-electron chi connectivity index (χ4n) is 2.59. The van der Waals surface area contributed by atoms with Gasteiger partial charge in [-0.05, 0) is 39.9 Å². The number of hydrogen-bond donors (Lipinski definition) is 0. The van der Waals surface area contributed by atoms with E-state index in [1.54, 1.807) is 0 Å². The Balaban J connectivity index is 2.26. The maximum absolute atomic E-state index is 10.7. The Hall–Kier alpha value is -1.86. The van der Waals surface area contributed by atoms with Gasteiger partial charge in [-0.2, -0.15) is 0 Å². The summed E-state index contributed by atoms with van der Waals surface area (Å²) in [6.45, 7) is 0.00394. The van der Waals surface area contributed by atoms with Crippen LogP contribution in [0.3, 0.4) is 0 Å². The van der Waals surface area contributed by atoms with Gasteiger partial charge >= 0.3 is 0 Å². The van der Waals surface area contributed by atoms with E-state index in [9.17, 15) is 5.11 Å². The van der Waals surface area contributed by atoms with Gasteiger partial charge < -0.3 is 0 Å². The third kappa shape index (κ3) is 1.87. The number of benzene rings is 3. The van der Waals surface area contributed by atoms with Crippen molar-refractivity contribution in [2.45, 2.75) is 12.8 Å². The van der Waals surface area contributed by atoms with Crippen molar-refractivity contribution in [2.75, 3.05) is 6.61 Å². The monoisotopic (exact) mass is 235 g/mol. The largest absolute Gasteiger partial charge is 0.237 e. The molecule has 1 nitrogen and oxygen atoms in total. The van der Waals surface area contributed by atoms with Crippen LogP contribution < -0.4 is 0 Å². The quantitative estimate of drug-likeness (QED) is 0.601. The van der Waals surface area contributed by atoms with E-state index in [1.165, 1.54) is 27.1 Å². The van der Waals surface area contributed by atoms with Crippen molar-refractivity contribution >= 4 is 21.5 Å². The number of aryl methyl sites for hydroxylation is 1. The van der Waals surface area contributed by atoms with Crippen LogP contribution in [-0.4, -0.2) is 6.61 Å². The van der Waals surface area contributed by atoms with Crippen LogP contribution in [-0.2, 0) is 11.5 Å². The van der Waals surface area contributed by atoms with Crippen molar-refractivity contribution in [3.8, 4) is 0 Å². The SMILES string of the molecule is [O]CCCc1cccc2c1ccc1ccccc12. The van der Waals surface area contributed by atoms with Crippen LogP contribution in [0.5, 0.6) is 0 Å². The molecule has 0 spiro atoms. The molecule has 0 saturated heterocycles. The lowest BCUT2D eigenvalue weighted by Gasteiger charge is -2.08. The van der Waals surface area contributed by atoms with Gasteiger partial charge in [-0.1, -0.05) is 54.6 Å². The molecule has 3 aromatic carbocycles. The van der Waals surface area contributed by atoms with Crippen LogP contribution >= 0.6 is 0 Å². The van der Waals surface area contributed by atoms with Crippen LogP contribution in [0.2, 0.25) is 0 Å². The third-order valence-corrected chi connectivity index (χ3v) is 3.47. The summed E-state index contributed by atoms with van der Waals surface area (Å²) in [5.74, 6) is 0. The molecule has 0 atom stereocenters. The second-order valence-electron chi connectivity index (χ2n) is 4.61. The van der Waals surface area contributed by atoms with Gasteiger partial charge in [0.1, 0.15) is 0 Å². The van der Waals surface area contributed by atoms with Gasteiger partial charge in [0.25, 0.3) is 0 Å². The standard InChI is InChI=1S/C17H15O/c18-12-4-7-13-6-3-9-17-15-8-2-1-5-14(15)10-11-16(13)17/h1-3,5-6,8-11H,4,7,12H2. The molecule has 89 valence electrons. The van der Waals surface area contributed by atoms with E-state index in [4.69, 9.17) is 0 Å². The zero-order valence-corrected chi connectivity index (χ0v) is 10.2. The van der Waals surface area contributed by atoms with E-state index in [0.717, 1.165) is 6.42 Å². The summed E-state index contributed by atoms with van der Waals surface area (Å²) in [5, 5.41) is 15.8. The van der Waals surface area contributed by atoms with Gasteiger partial charge in [-0.15, -0.1) is 0 Å². The second kappa shape index (κ2) is 4.79. The first kappa shape index (κ1) is 11.2. The lowest BCUT2D eigenvalue weighted by molar-refractivity contribution is 0.189. The van der Waals surface area contributed by atoms with Gasteiger partial charge in [-0.3, -0.25) is 0 Å². The first-order valence-electron chi connectivity index (χ1n) is 6.37. The lowest BCUT2D eigenvalue weighted by Crippen LogP contribution is -1.90. The van der Waals surface area contributed by atoms with Crippen LogP contribution in [0, 0.1) is 0 Å². The predicted molar refractivity (Wildman–Crippen MR) is 75.3 cm³/mol. The van der Waals surface area contributed by atoms with Gasteiger partial charge in [0, 0.05) is 0 Å². The van der Waals surface area contributed by atoms with Crippen LogP contribution in [0.1, 0.15) is 12.0 Å². The Morgan fingerprint density at radius 1 is 0.722 bits per heavy atom. The molecule has 3 rings (SSSR count). The molecule has 0 N–H and O–H groups in total. The molecule has 1 radical (unpaired) electrons. The fraction of sp³-hybridized carbons (Fsp3) is 0.176. The molecule has 0 aromatic heterocycles. The fourth-order valence-corrected chi connectivity index (χ4v) is 2.59. The van der Waals surface area contributed by atoms with E-state index in [-0.39, 0.29) is 6.61 Å². The van der Waals surface area contributed by atoms with Crippen molar-refractivity contribution in [1.82, 2.24) is 0 Å². The average molecular weight is 235 g/mol. The van der Waals surface area contributed by atoms with E-state index < -0.39 is 0 Å². The third-order valence-electron chi connectivity index (χ3n) is 3.47. The molecule has 1 heteroatoms. The van der Waals surface area contributed by atoms with Crippen LogP contribution in [0.4, 0.5) is 0 Å². The van der Waals surface area contributed by atoms with E-state index in [1.807, 2.05) is 0 Å². The van der Waals surface area contributed by atoms with Gasteiger partial charge in [-0.25, -0.2) is 5.11 Å². The lowest BCUT2D eigenvalue weighted by atomic mass is 9.96. The summed E-state index contributed by atoms with van der Waals surface area (Å²) >= 11 is 0. The first-order chi connectivity index (χ1) is 8.90. The minimum absolute atomic E-state index is 0.00394. The number of fused-ring (bicyclic) bond motifs is 3. The highest BCUT2D eigenvalue weighted by Gasteiger charge is 2.04. The second-order valence-corrected chi connectivity index (χ2v) is 4.61. The minimum Gasteiger partial charge on any atom is -0.237 e. The molecular weight excluding hydrogens is 220 g/mol. The van der Waals surface area contributed by atoms with Crippen molar-refractivity contribution in [3.63, 3.8) is 0 Å². The van der Waals surface area contributed by atoms with Crippen molar-refractivity contribution < 1.29 is 5.11 Å². The molecular formula is C17H15O. The predicted octanol–water partition coefficient (Wildman–Crippen LogP) is 4.36. The molecule has 0 amide bonds. The summed E-state index contributed by atoms with van der Waals surface area (Å²) in [4.78, 5) is 0. The minimum atomic E-state index is 0.00394. The molecule has 0 heterocycles. The zero-order chi connectivity index (χ0) is 12.4. The molecule has 0 bridgehead atoms. The smallest absolute Gasteiger partial charge is 0.0825 e. The van der Waals surface area contributed by atoms with E-state index in [0.29, 0.717) is 6.42 Å². The van der Waals surface area contributed by atoms with Crippen molar-refractivity contribution in [1.29, 1.82) is 0 Å². The van der Waals surface area contributed by atoms with Gasteiger partial charge in [0.05, 0.1) is 6.61 Å². The van der Waals surface area contributed by atoms with Crippen LogP contribution in [0.25, 0.3) is 21.5 Å². The topological polar surface area (TPSA) is 19.9 Å². The maximum atomic E-state index is 10.7. The molecule has 0 aliphatic heterocycles. The Morgan fingerprint density at radius 2 is 1.56 bits per heavy atom. The van der Waals surface area contributed by atoms with Gasteiger partial charge in [0.15, 0.2) is 0 Å². The average Bonchev–Trinajstić information content (AvgIpc) is 2.44. The molecule has 0 saturated carbocycles. The molecule has 0 fully saturated rings. The Bertz CT molecular complexity index is 685. The highest BCUT2D eigenvalue weighted by Crippen LogP contribution is 2.28. The Kier molecular flexibility index (Phi) is 2.99. The van der Waals surface area contributed by atoms with Gasteiger partial charge in [0.2, 0.25) is 0 Å². The summed E-state index contributed by atoms with van der Waals surface area (Å²) in [6.07, 6.45) is 1.59. The molecule has 0 aliphatic carbocycles. The van der Waals surface area contributed by atoms with Crippen molar-refractivity contribution in [2.24, 2.45) is 0 Å². The summed E-state index contributed by atoms with van der Waals surface area (Å²) in [5.41, 5.74) is 1.29. The summed E-state index contributed by atoms with van der Waals surface area (Å²) < 4.78 is 0. The number of hydrogen-bond acceptors (Lipinski definition) is 0. The van der Waals surface area contributed by atoms with Crippen molar-refractivity contribution in [3.05, 3.63) is 60.2 Å². The van der Waals surface area contributed by atoms with Crippen LogP contribution in [0.15, 0.2) is 54.6 Å². The Labute approximate surface area is 107 Å². The first-order valence-corrected chi connectivity index (χ1v) is 6.37. The van der Waals surface area contributed by atoms with E-state index >= 15 is 0 Å². The molecule has 0 aliphatic rings. The molecule has 3 aromatic rings. The molecule has 0 unspecified atom stereocenters. The highest BCUT2D eigenvalue weighted by molar-refractivity contribution is 6.08. The van der Waals surface area contributed by atoms with E-state index in [2.05, 4.69) is 54.6 Å². The maximum Gasteiger partial charge on any atom is 0.0825 e.